The Bertz CT molecular complexity index is 656. The predicted octanol–water partition coefficient (Wildman–Crippen LogP) is 2.49. The van der Waals surface area contributed by atoms with Gasteiger partial charge in [0.05, 0.1) is 24.8 Å². The van der Waals surface area contributed by atoms with Crippen molar-refractivity contribution in [2.45, 2.75) is 25.6 Å². The first-order valence-corrected chi connectivity index (χ1v) is 9.39. The number of piperidine rings is 1. The molecule has 5 nitrogen and oxygen atoms in total. The molecule has 0 saturated carbocycles. The molecular weight excluding hydrogens is 324 g/mol. The van der Waals surface area contributed by atoms with Crippen molar-refractivity contribution in [2.75, 3.05) is 19.7 Å². The molecule has 0 bridgehead atoms. The van der Waals surface area contributed by atoms with Crippen LogP contribution in [0.15, 0.2) is 39.6 Å². The number of fused-ring (bicyclic) bond motifs is 1. The molecule has 3 atom stereocenters. The Morgan fingerprint density at radius 1 is 1.38 bits per heavy atom. The van der Waals surface area contributed by atoms with Crippen molar-refractivity contribution in [2.24, 2.45) is 11.8 Å². The predicted molar refractivity (Wildman–Crippen MR) is 91.5 cm³/mol. The molecule has 4 rings (SSSR count). The minimum Gasteiger partial charge on any atom is -0.467 e. The summed E-state index contributed by atoms with van der Waals surface area (Å²) in [6, 6.07) is 5.87. The zero-order valence-corrected chi connectivity index (χ0v) is 14.3. The molecule has 2 aromatic rings. The summed E-state index contributed by atoms with van der Waals surface area (Å²) in [4.78, 5) is 15.1. The van der Waals surface area contributed by atoms with Gasteiger partial charge in [-0.25, -0.2) is 0 Å². The van der Waals surface area contributed by atoms with Crippen molar-refractivity contribution in [1.82, 2.24) is 10.2 Å². The van der Waals surface area contributed by atoms with E-state index in [1.165, 1.54) is 5.56 Å². The van der Waals surface area contributed by atoms with Gasteiger partial charge in [0.2, 0.25) is 5.91 Å². The first-order chi connectivity index (χ1) is 11.8. The van der Waals surface area contributed by atoms with Crippen molar-refractivity contribution >= 4 is 17.2 Å². The van der Waals surface area contributed by atoms with Gasteiger partial charge in [-0.05, 0) is 40.9 Å². The fourth-order valence-electron chi connectivity index (χ4n) is 3.82. The average molecular weight is 346 g/mol. The van der Waals surface area contributed by atoms with Crippen LogP contribution in [0.2, 0.25) is 0 Å². The van der Waals surface area contributed by atoms with Crippen LogP contribution >= 0.6 is 11.3 Å². The van der Waals surface area contributed by atoms with Crippen LogP contribution in [0.3, 0.4) is 0 Å². The summed E-state index contributed by atoms with van der Waals surface area (Å²) in [5, 5.41) is 7.31. The number of hydrogen-bond donors (Lipinski definition) is 1. The largest absolute Gasteiger partial charge is 0.467 e. The molecule has 0 radical (unpaired) electrons. The van der Waals surface area contributed by atoms with E-state index < -0.39 is 0 Å². The Morgan fingerprint density at radius 3 is 3.12 bits per heavy atom. The molecule has 0 aromatic carbocycles. The Morgan fingerprint density at radius 2 is 2.33 bits per heavy atom. The van der Waals surface area contributed by atoms with E-state index in [9.17, 15) is 4.79 Å². The number of hydrogen-bond acceptors (Lipinski definition) is 5. The highest BCUT2D eigenvalue weighted by atomic mass is 32.1. The standard InChI is InChI=1S/C18H22N2O3S/c21-18(19-8-14-2-1-5-22-14)16-10-20(9-13-4-7-24-12-13)11-17-15(16)3-6-23-17/h1-2,4-5,7,12,15-17H,3,6,8-11H2,(H,19,21)/t15-,16-,17+/m1/s1. The van der Waals surface area contributed by atoms with Gasteiger partial charge in [-0.2, -0.15) is 11.3 Å². The molecule has 4 heterocycles. The van der Waals surface area contributed by atoms with Gasteiger partial charge in [0.15, 0.2) is 0 Å². The molecule has 2 aliphatic heterocycles. The number of rotatable bonds is 5. The highest BCUT2D eigenvalue weighted by molar-refractivity contribution is 7.07. The van der Waals surface area contributed by atoms with Gasteiger partial charge in [0.1, 0.15) is 5.76 Å². The van der Waals surface area contributed by atoms with Crippen LogP contribution in [-0.2, 0) is 22.6 Å². The molecule has 0 aliphatic carbocycles. The third-order valence-corrected chi connectivity index (χ3v) is 5.74. The van der Waals surface area contributed by atoms with E-state index in [0.29, 0.717) is 12.5 Å². The Balaban J connectivity index is 1.41. The fraction of sp³-hybridized carbons (Fsp3) is 0.500. The summed E-state index contributed by atoms with van der Waals surface area (Å²) in [6.07, 6.45) is 2.79. The summed E-state index contributed by atoms with van der Waals surface area (Å²) in [5.41, 5.74) is 1.31. The van der Waals surface area contributed by atoms with Crippen LogP contribution in [0.1, 0.15) is 17.7 Å². The van der Waals surface area contributed by atoms with Gasteiger partial charge in [0, 0.05) is 32.2 Å². The van der Waals surface area contributed by atoms with Crippen molar-refractivity contribution in [3.8, 4) is 0 Å². The van der Waals surface area contributed by atoms with Crippen LogP contribution in [0.5, 0.6) is 0 Å². The molecule has 1 amide bonds. The number of thiophene rings is 1. The molecule has 6 heteroatoms. The number of nitrogens with one attached hydrogen (secondary N) is 1. The van der Waals surface area contributed by atoms with Crippen molar-refractivity contribution in [1.29, 1.82) is 0 Å². The number of nitrogens with zero attached hydrogens (tertiary/aromatic N) is 1. The van der Waals surface area contributed by atoms with Crippen LogP contribution in [-0.4, -0.2) is 36.6 Å². The van der Waals surface area contributed by atoms with Crippen molar-refractivity contribution in [3.05, 3.63) is 46.5 Å². The van der Waals surface area contributed by atoms with E-state index in [2.05, 4.69) is 27.0 Å². The Kier molecular flexibility index (Phi) is 4.69. The maximum atomic E-state index is 12.8. The van der Waals surface area contributed by atoms with Gasteiger partial charge in [-0.15, -0.1) is 0 Å². The smallest absolute Gasteiger partial charge is 0.225 e. The van der Waals surface area contributed by atoms with E-state index in [1.54, 1.807) is 17.6 Å². The quantitative estimate of drug-likeness (QED) is 0.904. The number of carbonyl (C=O) groups is 1. The Hall–Kier alpha value is -1.63. The van der Waals surface area contributed by atoms with E-state index in [-0.39, 0.29) is 17.9 Å². The second kappa shape index (κ2) is 7.09. The highest BCUT2D eigenvalue weighted by Crippen LogP contribution is 2.34. The molecule has 24 heavy (non-hydrogen) atoms. The summed E-state index contributed by atoms with van der Waals surface area (Å²) in [7, 11) is 0. The number of carbonyl (C=O) groups excluding carboxylic acids is 1. The maximum absolute atomic E-state index is 12.8. The van der Waals surface area contributed by atoms with Crippen LogP contribution in [0.25, 0.3) is 0 Å². The lowest BCUT2D eigenvalue weighted by Gasteiger charge is -2.39. The molecule has 2 aliphatic rings. The third-order valence-electron chi connectivity index (χ3n) is 5.01. The van der Waals surface area contributed by atoms with Gasteiger partial charge in [-0.3, -0.25) is 9.69 Å². The summed E-state index contributed by atoms with van der Waals surface area (Å²) >= 11 is 1.71. The van der Waals surface area contributed by atoms with E-state index in [1.807, 2.05) is 12.1 Å². The SMILES string of the molecule is O=C(NCc1ccco1)[C@@H]1CN(Cc2ccsc2)C[C@@H]2OCC[C@@H]21. The van der Waals surface area contributed by atoms with E-state index in [4.69, 9.17) is 9.15 Å². The monoisotopic (exact) mass is 346 g/mol. The molecule has 2 fully saturated rings. The molecular formula is C18H22N2O3S. The van der Waals surface area contributed by atoms with Gasteiger partial charge >= 0.3 is 0 Å². The Labute approximate surface area is 145 Å². The van der Waals surface area contributed by atoms with Gasteiger partial charge in [-0.1, -0.05) is 0 Å². The number of furan rings is 1. The zero-order chi connectivity index (χ0) is 16.4. The van der Waals surface area contributed by atoms with Crippen LogP contribution < -0.4 is 5.32 Å². The molecule has 1 N–H and O–H groups in total. The second-order valence-corrected chi connectivity index (χ2v) is 7.37. The van der Waals surface area contributed by atoms with E-state index in [0.717, 1.165) is 38.4 Å². The summed E-state index contributed by atoms with van der Waals surface area (Å²) < 4.78 is 11.2. The van der Waals surface area contributed by atoms with Gasteiger partial charge < -0.3 is 14.5 Å². The molecule has 0 unspecified atom stereocenters. The van der Waals surface area contributed by atoms with Crippen LogP contribution in [0, 0.1) is 11.8 Å². The zero-order valence-electron chi connectivity index (χ0n) is 13.5. The first kappa shape index (κ1) is 15.9. The lowest BCUT2D eigenvalue weighted by molar-refractivity contribution is -0.131. The van der Waals surface area contributed by atoms with Gasteiger partial charge in [0.25, 0.3) is 0 Å². The minimum atomic E-state index is -0.0140. The maximum Gasteiger partial charge on any atom is 0.225 e. The highest BCUT2D eigenvalue weighted by Gasteiger charge is 2.43. The lowest BCUT2D eigenvalue weighted by Crippen LogP contribution is -2.52. The molecule has 2 aromatic heterocycles. The molecule has 128 valence electrons. The number of likely N-dealkylation sites (tertiary alicyclic amines) is 1. The normalized spacial score (nSPS) is 27.1. The third kappa shape index (κ3) is 3.41. The number of amides is 1. The van der Waals surface area contributed by atoms with Crippen LogP contribution in [0.4, 0.5) is 0 Å². The van der Waals surface area contributed by atoms with E-state index >= 15 is 0 Å². The summed E-state index contributed by atoms with van der Waals surface area (Å²) in [5.74, 6) is 1.22. The van der Waals surface area contributed by atoms with Crippen molar-refractivity contribution < 1.29 is 13.9 Å². The number of ether oxygens (including phenoxy) is 1. The molecule has 0 spiro atoms. The lowest BCUT2D eigenvalue weighted by atomic mass is 9.82. The molecule has 2 saturated heterocycles. The first-order valence-electron chi connectivity index (χ1n) is 8.45. The second-order valence-electron chi connectivity index (χ2n) is 6.59. The topological polar surface area (TPSA) is 54.7 Å². The van der Waals surface area contributed by atoms with Crippen molar-refractivity contribution in [3.63, 3.8) is 0 Å². The average Bonchev–Trinajstić information content (AvgIpc) is 3.33. The fourth-order valence-corrected chi connectivity index (χ4v) is 4.48. The summed E-state index contributed by atoms with van der Waals surface area (Å²) in [6.45, 7) is 3.82. The minimum absolute atomic E-state index is 0.0140.